The Morgan fingerprint density at radius 2 is 1.93 bits per heavy atom. The average Bonchev–Trinajstić information content (AvgIpc) is 3.29. The Kier molecular flexibility index (Phi) is 5.46. The van der Waals surface area contributed by atoms with Crippen LogP contribution in [0.5, 0.6) is 0 Å². The van der Waals surface area contributed by atoms with Crippen LogP contribution in [0.15, 0.2) is 41.2 Å². The monoisotopic (exact) mass is 406 g/mol. The molecular weight excluding hydrogens is 380 g/mol. The molecule has 1 aromatic heterocycles. The van der Waals surface area contributed by atoms with Gasteiger partial charge in [0.2, 0.25) is 0 Å². The minimum atomic E-state index is -1.03. The number of hydrogen-bond donors (Lipinski definition) is 2. The fourth-order valence-electron chi connectivity index (χ4n) is 4.74. The number of nitrogens with one attached hydrogen (secondary N) is 1. The third kappa shape index (κ3) is 3.53. The van der Waals surface area contributed by atoms with Crippen LogP contribution in [0.1, 0.15) is 46.4 Å². The van der Waals surface area contributed by atoms with Crippen LogP contribution in [0, 0.1) is 18.3 Å². The number of piperidine rings is 1. The van der Waals surface area contributed by atoms with Gasteiger partial charge in [-0.3, -0.25) is 14.5 Å². The summed E-state index contributed by atoms with van der Waals surface area (Å²) in [4.78, 5) is 31.8. The molecule has 7 nitrogen and oxygen atoms in total. The number of nitriles is 1. The molecule has 156 valence electrons. The predicted octanol–water partition coefficient (Wildman–Crippen LogP) is 1.75. The lowest BCUT2D eigenvalue weighted by molar-refractivity contribution is -0.0878. The second kappa shape index (κ2) is 8.05. The van der Waals surface area contributed by atoms with Gasteiger partial charge >= 0.3 is 0 Å². The van der Waals surface area contributed by atoms with Gasteiger partial charge in [0, 0.05) is 18.8 Å². The van der Waals surface area contributed by atoms with E-state index in [1.165, 1.54) is 6.07 Å². The summed E-state index contributed by atoms with van der Waals surface area (Å²) in [6, 6.07) is 12.7. The Balaban J connectivity index is 1.66. The molecule has 2 N–H and O–H groups in total. The van der Waals surface area contributed by atoms with Crippen LogP contribution >= 0.6 is 0 Å². The van der Waals surface area contributed by atoms with E-state index in [9.17, 15) is 20.0 Å². The Labute approximate surface area is 175 Å². The van der Waals surface area contributed by atoms with Gasteiger partial charge in [-0.25, -0.2) is 0 Å². The maximum absolute atomic E-state index is 13.3. The zero-order valence-electron chi connectivity index (χ0n) is 17.1. The summed E-state index contributed by atoms with van der Waals surface area (Å²) in [6.45, 7) is 4.26. The Hall–Kier alpha value is -2.95. The summed E-state index contributed by atoms with van der Waals surface area (Å²) in [5.74, 6) is -0.223. The SMILES string of the molecule is Cc1[nH]c(=O)c(C#N)cc1C(=O)N1CC[C@](O)(c2ccccc2)[C@H](N2CCCC2)C1. The number of benzene rings is 1. The minimum Gasteiger partial charge on any atom is -0.383 e. The van der Waals surface area contributed by atoms with Crippen LogP contribution in [0.25, 0.3) is 0 Å². The molecule has 0 saturated carbocycles. The summed E-state index contributed by atoms with van der Waals surface area (Å²) in [5, 5.41) is 20.9. The smallest absolute Gasteiger partial charge is 0.266 e. The molecule has 2 aromatic rings. The molecule has 0 aliphatic carbocycles. The van der Waals surface area contributed by atoms with Crippen molar-refractivity contribution in [1.29, 1.82) is 5.26 Å². The van der Waals surface area contributed by atoms with E-state index >= 15 is 0 Å². The van der Waals surface area contributed by atoms with Gasteiger partial charge in [0.05, 0.1) is 11.6 Å². The van der Waals surface area contributed by atoms with Crippen LogP contribution in [0.3, 0.4) is 0 Å². The van der Waals surface area contributed by atoms with Crippen LogP contribution in [-0.4, -0.2) is 58.0 Å². The predicted molar refractivity (Wildman–Crippen MR) is 112 cm³/mol. The van der Waals surface area contributed by atoms with Gasteiger partial charge in [0.25, 0.3) is 11.5 Å². The van der Waals surface area contributed by atoms with Crippen LogP contribution < -0.4 is 5.56 Å². The lowest BCUT2D eigenvalue weighted by Gasteiger charge is -2.48. The second-order valence-electron chi connectivity index (χ2n) is 8.21. The molecule has 2 fully saturated rings. The Bertz CT molecular complexity index is 1040. The van der Waals surface area contributed by atoms with Gasteiger partial charge in [-0.1, -0.05) is 30.3 Å². The normalized spacial score (nSPS) is 24.6. The molecule has 0 radical (unpaired) electrons. The number of carbonyl (C=O) groups excluding carboxylic acids is 1. The minimum absolute atomic E-state index is 0.0714. The molecule has 3 heterocycles. The number of aromatic amines is 1. The molecule has 2 atom stereocenters. The number of likely N-dealkylation sites (tertiary alicyclic amines) is 2. The standard InChI is InChI=1S/C23H26N4O3/c1-16-19(13-17(14-24)21(28)25-16)22(29)27-12-9-23(30,18-7-3-2-4-8-18)20(15-27)26-10-5-6-11-26/h2-4,7-8,13,20,30H,5-6,9-12,15H2,1H3,(H,25,28)/t20-,23+/m1/s1. The van der Waals surface area contributed by atoms with Crippen LogP contribution in [-0.2, 0) is 5.60 Å². The Morgan fingerprint density at radius 3 is 2.60 bits per heavy atom. The molecular formula is C23H26N4O3. The number of carbonyl (C=O) groups is 1. The molecule has 0 bridgehead atoms. The van der Waals surface area contributed by atoms with Crippen molar-refractivity contribution in [2.24, 2.45) is 0 Å². The molecule has 2 aliphatic heterocycles. The topological polar surface area (TPSA) is 100 Å². The van der Waals surface area contributed by atoms with Gasteiger partial charge in [0.1, 0.15) is 17.2 Å². The molecule has 2 aliphatic rings. The van der Waals surface area contributed by atoms with Crippen LogP contribution in [0.4, 0.5) is 0 Å². The first-order valence-corrected chi connectivity index (χ1v) is 10.4. The number of aryl methyl sites for hydroxylation is 1. The highest BCUT2D eigenvalue weighted by Crippen LogP contribution is 2.37. The largest absolute Gasteiger partial charge is 0.383 e. The number of rotatable bonds is 3. The molecule has 30 heavy (non-hydrogen) atoms. The van der Waals surface area contributed by atoms with Crippen molar-refractivity contribution in [2.75, 3.05) is 26.2 Å². The molecule has 2 saturated heterocycles. The number of hydrogen-bond acceptors (Lipinski definition) is 5. The van der Waals surface area contributed by atoms with E-state index in [1.807, 2.05) is 36.4 Å². The van der Waals surface area contributed by atoms with Gasteiger partial charge in [-0.05, 0) is 50.9 Å². The number of pyridine rings is 1. The first-order valence-electron chi connectivity index (χ1n) is 10.4. The fraction of sp³-hybridized carbons (Fsp3) is 0.435. The molecule has 7 heteroatoms. The highest BCUT2D eigenvalue weighted by molar-refractivity contribution is 5.95. The molecule has 1 amide bonds. The number of nitrogens with zero attached hydrogens (tertiary/aromatic N) is 3. The van der Waals surface area contributed by atoms with Crippen molar-refractivity contribution in [1.82, 2.24) is 14.8 Å². The Morgan fingerprint density at radius 1 is 1.23 bits per heavy atom. The van der Waals surface area contributed by atoms with E-state index in [0.717, 1.165) is 31.5 Å². The molecule has 0 unspecified atom stereocenters. The van der Waals surface area contributed by atoms with E-state index in [4.69, 9.17) is 0 Å². The van der Waals surface area contributed by atoms with Gasteiger partial charge < -0.3 is 15.0 Å². The second-order valence-corrected chi connectivity index (χ2v) is 8.21. The highest BCUT2D eigenvalue weighted by Gasteiger charge is 2.47. The summed E-state index contributed by atoms with van der Waals surface area (Å²) in [7, 11) is 0. The van der Waals surface area contributed by atoms with E-state index in [2.05, 4.69) is 9.88 Å². The highest BCUT2D eigenvalue weighted by atomic mass is 16.3. The van der Waals surface area contributed by atoms with E-state index in [0.29, 0.717) is 30.8 Å². The van der Waals surface area contributed by atoms with Crippen LogP contribution in [0.2, 0.25) is 0 Å². The summed E-state index contributed by atoms with van der Waals surface area (Å²) in [6.07, 6.45) is 2.59. The van der Waals surface area contributed by atoms with Gasteiger partial charge in [-0.2, -0.15) is 5.26 Å². The maximum atomic E-state index is 13.3. The number of amides is 1. The fourth-order valence-corrected chi connectivity index (χ4v) is 4.74. The third-order valence-electron chi connectivity index (χ3n) is 6.44. The van der Waals surface area contributed by atoms with Gasteiger partial charge in [-0.15, -0.1) is 0 Å². The van der Waals surface area contributed by atoms with Crippen molar-refractivity contribution >= 4 is 5.91 Å². The van der Waals surface area contributed by atoms with E-state index in [-0.39, 0.29) is 17.5 Å². The number of aliphatic hydroxyl groups is 1. The van der Waals surface area contributed by atoms with Crippen molar-refractivity contribution in [3.05, 3.63) is 69.1 Å². The zero-order chi connectivity index (χ0) is 21.3. The quantitative estimate of drug-likeness (QED) is 0.809. The number of H-pyrrole nitrogens is 1. The van der Waals surface area contributed by atoms with Crippen molar-refractivity contribution in [2.45, 2.75) is 37.8 Å². The third-order valence-corrected chi connectivity index (χ3v) is 6.44. The summed E-state index contributed by atoms with van der Waals surface area (Å²) >= 11 is 0. The lowest BCUT2D eigenvalue weighted by atomic mass is 9.79. The average molecular weight is 406 g/mol. The summed E-state index contributed by atoms with van der Waals surface area (Å²) < 4.78 is 0. The zero-order valence-corrected chi connectivity index (χ0v) is 17.1. The molecule has 1 aromatic carbocycles. The van der Waals surface area contributed by atoms with Crippen molar-refractivity contribution in [3.8, 4) is 6.07 Å². The van der Waals surface area contributed by atoms with E-state index < -0.39 is 11.2 Å². The first kappa shape index (κ1) is 20.3. The van der Waals surface area contributed by atoms with Gasteiger partial charge in [0.15, 0.2) is 0 Å². The first-order chi connectivity index (χ1) is 14.4. The van der Waals surface area contributed by atoms with Crippen molar-refractivity contribution in [3.63, 3.8) is 0 Å². The molecule has 4 rings (SSSR count). The lowest BCUT2D eigenvalue weighted by Crippen LogP contribution is -2.61. The van der Waals surface area contributed by atoms with E-state index in [1.54, 1.807) is 11.8 Å². The van der Waals surface area contributed by atoms with Crippen molar-refractivity contribution < 1.29 is 9.90 Å². The maximum Gasteiger partial charge on any atom is 0.266 e. The molecule has 0 spiro atoms. The number of aromatic nitrogens is 1. The summed E-state index contributed by atoms with van der Waals surface area (Å²) in [5.41, 5.74) is 0.0692.